The Hall–Kier alpha value is -11.2. The maximum atomic E-state index is 9.14. The van der Waals surface area contributed by atoms with Gasteiger partial charge in [-0.1, -0.05) is 294 Å². The van der Waals surface area contributed by atoms with Crippen molar-refractivity contribution in [2.75, 3.05) is 0 Å². The molecular formula is C125H158N5Si4+5. The molecule has 0 aliphatic rings. The number of rotatable bonds is 15. The van der Waals surface area contributed by atoms with Crippen molar-refractivity contribution in [3.63, 3.8) is 0 Å². The molecule has 0 aliphatic heterocycles. The molecule has 0 radical (unpaired) electrons. The van der Waals surface area contributed by atoms with Gasteiger partial charge >= 0.3 is 0 Å². The van der Waals surface area contributed by atoms with Gasteiger partial charge in [-0.2, -0.15) is 0 Å². The molecule has 5 nitrogen and oxygen atoms in total. The first kappa shape index (κ1) is 81.2. The van der Waals surface area contributed by atoms with Gasteiger partial charge in [0.1, 0.15) is 35.2 Å². The highest BCUT2D eigenvalue weighted by molar-refractivity contribution is 6.91. The smallest absolute Gasteiger partial charge is 0.201 e. The van der Waals surface area contributed by atoms with Crippen molar-refractivity contribution < 1.29 is 46.1 Å². The van der Waals surface area contributed by atoms with E-state index in [4.69, 9.17) is 23.3 Å². The fraction of sp³-hybridized carbons (Fsp3) is 0.320. The Labute approximate surface area is 837 Å². The van der Waals surface area contributed by atoms with Crippen LogP contribution in [0.2, 0.25) is 78.6 Å². The van der Waals surface area contributed by atoms with Gasteiger partial charge in [0.2, 0.25) is 28.5 Å². The molecule has 0 aliphatic carbocycles. The maximum Gasteiger partial charge on any atom is 0.212 e. The van der Waals surface area contributed by atoms with Crippen LogP contribution < -0.4 is 43.6 Å². The van der Waals surface area contributed by atoms with Gasteiger partial charge in [0.05, 0.1) is 32.3 Å². The first-order valence-electron chi connectivity index (χ1n) is 55.5. The lowest BCUT2D eigenvalue weighted by molar-refractivity contribution is -0.660. The molecule has 15 aromatic rings. The van der Waals surface area contributed by atoms with Gasteiger partial charge in [-0.3, -0.25) is 0 Å². The summed E-state index contributed by atoms with van der Waals surface area (Å²) in [6, 6.07) is 77.7. The lowest BCUT2D eigenvalue weighted by atomic mass is 9.87. The highest BCUT2D eigenvalue weighted by Crippen LogP contribution is 2.38. The van der Waals surface area contributed by atoms with Crippen LogP contribution >= 0.6 is 0 Å². The van der Waals surface area contributed by atoms with Crippen LogP contribution in [-0.2, 0) is 41.6 Å². The quantitative estimate of drug-likeness (QED) is 0.0720. The summed E-state index contributed by atoms with van der Waals surface area (Å²) in [6.45, 7) is 49.9. The minimum atomic E-state index is -2.25. The van der Waals surface area contributed by atoms with Crippen LogP contribution in [0.4, 0.5) is 0 Å². The number of hydrogen-bond acceptors (Lipinski definition) is 0. The standard InChI is InChI=1S/C29H40NSi.C25H32NSi.2C24H30NSi.C23H26N/c1-20-11-13-23(14-12-20)25-17-26(22(3)15-21(25)2)27-16-24(18-29(4,5)6)28(19-30(27)7)31(8,9)10;1-17-9-11-21(12-10-17)23-15-22(19(3)14-25(23)27(6,7)8)24-13-18(2)20(4)16-26(24)5;1-17-8-11-20(12-9-17)22-15-21(19(3)14-24(22)26(5,6)7)23-13-10-18(2)16-25(23)4;1-17-8-10-20(11-9-17)22-16-21(19(3)15-24(22)26(5,6)7)23-14-18(2)12-13-25(23)4;1-15-7-9-20(10-8-15)21-13-22(18(4)11-17(21)3)23-12-16(2)19(5)14-24(23)6/h11-17,19H,18H2,1-10H3;9-16H,1-8H3;2*8-16H,1-7H3;7-14H,1-6H3/q5*+1/i2D3,18D2;4D3;2D3;;3D3,5D3. The Morgan fingerprint density at radius 1 is 0.224 bits per heavy atom. The van der Waals surface area contributed by atoms with Crippen molar-refractivity contribution >= 4 is 53.0 Å². The molecule has 15 rings (SSSR count). The van der Waals surface area contributed by atoms with Gasteiger partial charge in [-0.25, -0.2) is 22.8 Å². The molecule has 0 fully saturated rings. The first-order chi connectivity index (χ1) is 69.4. The fourth-order valence-electron chi connectivity index (χ4n) is 17.5. The van der Waals surface area contributed by atoms with Crippen LogP contribution in [0.3, 0.4) is 0 Å². The lowest BCUT2D eigenvalue weighted by Gasteiger charge is -2.25. The molecule has 694 valence electrons. The van der Waals surface area contributed by atoms with E-state index in [0.717, 1.165) is 94.7 Å². The van der Waals surface area contributed by atoms with E-state index in [1.54, 1.807) is 48.3 Å². The second kappa shape index (κ2) is 42.0. The van der Waals surface area contributed by atoms with Crippen molar-refractivity contribution in [3.8, 4) is 112 Å². The average molecular weight is 1860 g/mol. The zero-order chi connectivity index (χ0) is 113. The Morgan fingerprint density at radius 2 is 0.500 bits per heavy atom. The zero-order valence-electron chi connectivity index (χ0n) is 103. The number of hydrogen-bond donors (Lipinski definition) is 0. The molecule has 0 spiro atoms. The van der Waals surface area contributed by atoms with Gasteiger partial charge in [-0.05, 0) is 289 Å². The van der Waals surface area contributed by atoms with E-state index in [2.05, 4.69) is 277 Å². The minimum absolute atomic E-state index is 0.310. The number of aromatic nitrogens is 5. The van der Waals surface area contributed by atoms with Crippen LogP contribution in [0.15, 0.2) is 255 Å². The first-order valence-corrected chi connectivity index (χ1v) is 61.0. The Kier molecular flexibility index (Phi) is 25.4. The Bertz CT molecular complexity index is 7350. The largest absolute Gasteiger partial charge is 0.212 e. The van der Waals surface area contributed by atoms with Crippen molar-refractivity contribution in [2.24, 2.45) is 40.7 Å². The summed E-state index contributed by atoms with van der Waals surface area (Å²) in [5.74, 6) is 0. The Morgan fingerprint density at radius 3 is 0.806 bits per heavy atom. The molecule has 0 saturated heterocycles. The summed E-state index contributed by atoms with van der Waals surface area (Å²) in [6.07, 6.45) is 7.83. The predicted molar refractivity (Wildman–Crippen MR) is 593 cm³/mol. The van der Waals surface area contributed by atoms with E-state index in [1.807, 2.05) is 178 Å². The highest BCUT2D eigenvalue weighted by atomic mass is 28.3. The summed E-state index contributed by atoms with van der Waals surface area (Å²) in [7, 11) is 3.33. The van der Waals surface area contributed by atoms with Crippen LogP contribution in [-0.4, -0.2) is 32.3 Å². The monoisotopic (exact) mass is 1860 g/mol. The molecule has 0 amide bonds. The van der Waals surface area contributed by atoms with E-state index in [-0.39, 0.29) is 0 Å². The molecule has 9 heteroatoms. The normalized spacial score (nSPS) is 14.1. The second-order valence-corrected chi connectivity index (χ2v) is 62.9. The van der Waals surface area contributed by atoms with Crippen LogP contribution in [0, 0.1) is 130 Å². The maximum absolute atomic E-state index is 9.14. The van der Waals surface area contributed by atoms with Crippen LogP contribution in [0.25, 0.3) is 112 Å². The number of benzene rings is 10. The average Bonchev–Trinajstić information content (AvgIpc) is 0.739. The van der Waals surface area contributed by atoms with Gasteiger partial charge in [0, 0.05) is 109 Å². The molecule has 10 aromatic carbocycles. The predicted octanol–water partition coefficient (Wildman–Crippen LogP) is 28.5. The molecule has 0 atom stereocenters. The highest BCUT2D eigenvalue weighted by Gasteiger charge is 2.32. The van der Waals surface area contributed by atoms with Gasteiger partial charge in [-0.15, -0.1) is 0 Å². The summed E-state index contributed by atoms with van der Waals surface area (Å²) in [5.41, 5.74) is 37.4. The molecule has 0 N–H and O–H groups in total. The summed E-state index contributed by atoms with van der Waals surface area (Å²) >= 11 is 0. The zero-order valence-corrected chi connectivity index (χ0v) is 90.5. The number of nitrogens with zero attached hydrogens (tertiary/aromatic N) is 5. The van der Waals surface area contributed by atoms with E-state index >= 15 is 0 Å². The molecule has 5 aromatic heterocycles. The van der Waals surface area contributed by atoms with Crippen LogP contribution in [0.1, 0.15) is 150 Å². The van der Waals surface area contributed by atoms with E-state index in [0.29, 0.717) is 44.5 Å². The van der Waals surface area contributed by atoms with Crippen molar-refractivity contribution in [3.05, 3.63) is 361 Å². The van der Waals surface area contributed by atoms with Crippen molar-refractivity contribution in [2.45, 2.75) is 230 Å². The molecule has 134 heavy (non-hydrogen) atoms. The SMILES string of the molecule is Cc1ccc(-c2cc(-c3cc(C)cc[n+]3C)c(C)cc2[Si](C)(C)C)cc1.[2H]C([2H])([2H])c1c[n+](C)c(-c2cc(-c3ccc(C)cc3)c(C([2H])([2H])[2H])cc2C)cc1C.[2H]C([2H])([2H])c1c[n+](C)c(-c2cc(-c3ccc(C)cc3)c([Si](C)(C)C)cc2C)cc1C.[2H]C([2H])([2H])c1cc(C)c(-c2cc(C([2H])([2H])C(C)(C)C)c([Si](C)(C)C)c[n+]2C)cc1-c1ccc(C)cc1.[2H]C([2H])([2H])c1ccc(-c2cc(-c3ccc(C)cc3)c([Si](C)(C)C)cc2C)[n+](C)c1. The number of aryl methyl sites for hydroxylation is 23. The molecule has 5 heterocycles. The summed E-state index contributed by atoms with van der Waals surface area (Å²) < 4.78 is 147. The molecule has 0 unspecified atom stereocenters. The van der Waals surface area contributed by atoms with Gasteiger partial charge in [0.15, 0.2) is 31.0 Å². The molecule has 0 saturated carbocycles. The Balaban J connectivity index is 0.000000179. The number of pyridine rings is 5. The van der Waals surface area contributed by atoms with E-state index in [9.17, 15) is 0 Å². The third-order valence-electron chi connectivity index (χ3n) is 25.4. The van der Waals surface area contributed by atoms with Crippen LogP contribution in [0.5, 0.6) is 0 Å². The van der Waals surface area contributed by atoms with Crippen molar-refractivity contribution in [1.29, 1.82) is 0 Å². The van der Waals surface area contributed by atoms with Gasteiger partial charge < -0.3 is 0 Å². The third-order valence-corrected chi connectivity index (χ3v) is 33.5. The summed E-state index contributed by atoms with van der Waals surface area (Å²) in [5, 5.41) is 5.54. The topological polar surface area (TPSA) is 19.4 Å². The van der Waals surface area contributed by atoms with E-state index in [1.165, 1.54) is 99.1 Å². The third kappa shape index (κ3) is 25.3. The van der Waals surface area contributed by atoms with E-state index < -0.39 is 78.3 Å². The second-order valence-electron chi connectivity index (χ2n) is 42.7. The molecule has 0 bridgehead atoms. The van der Waals surface area contributed by atoms with Crippen molar-refractivity contribution in [1.82, 2.24) is 0 Å². The molecular weight excluding hydrogens is 1680 g/mol. The minimum Gasteiger partial charge on any atom is -0.201 e. The fourth-order valence-corrected chi connectivity index (χ4v) is 24.1. The summed E-state index contributed by atoms with van der Waals surface area (Å²) in [4.78, 5) is 0. The van der Waals surface area contributed by atoms with Gasteiger partial charge in [0.25, 0.3) is 0 Å². The lowest BCUT2D eigenvalue weighted by Crippen LogP contribution is -2.47.